The van der Waals surface area contributed by atoms with Crippen molar-refractivity contribution in [2.45, 2.75) is 31.7 Å². The lowest BCUT2D eigenvalue weighted by molar-refractivity contribution is 0.217. The summed E-state index contributed by atoms with van der Waals surface area (Å²) in [5.74, 6) is 0.723. The number of aryl methyl sites for hydroxylation is 1. The monoisotopic (exact) mass is 305 g/mol. The smallest absolute Gasteiger partial charge is 0.139 e. The van der Waals surface area contributed by atoms with Crippen molar-refractivity contribution in [2.75, 3.05) is 19.8 Å². The highest BCUT2D eigenvalue weighted by Crippen LogP contribution is 2.16. The van der Waals surface area contributed by atoms with Gasteiger partial charge in [-0.05, 0) is 32.2 Å². The second-order valence-electron chi connectivity index (χ2n) is 5.43. The van der Waals surface area contributed by atoms with Gasteiger partial charge in [0.1, 0.15) is 12.4 Å². The number of nitrogens with zero attached hydrogens (tertiary/aromatic N) is 4. The minimum Gasteiger partial charge on any atom is -0.490 e. The molecule has 1 aliphatic rings. The van der Waals surface area contributed by atoms with Crippen LogP contribution in [0.5, 0.6) is 5.75 Å². The first-order valence-electron chi connectivity index (χ1n) is 7.64. The summed E-state index contributed by atoms with van der Waals surface area (Å²) >= 11 is 0. The van der Waals surface area contributed by atoms with Gasteiger partial charge in [0, 0.05) is 12.1 Å². The minimum absolute atomic E-state index is 0.284. The van der Waals surface area contributed by atoms with Crippen LogP contribution in [-0.2, 0) is 6.42 Å². The molecule has 0 spiro atoms. The SMILES string of the molecule is FCCCCc1cn(-c2cncc(OCC3CCN3)c2)nn1. The van der Waals surface area contributed by atoms with Crippen LogP contribution in [0.25, 0.3) is 5.69 Å². The molecule has 1 aliphatic heterocycles. The summed E-state index contributed by atoms with van der Waals surface area (Å²) in [6.45, 7) is 1.43. The maximum Gasteiger partial charge on any atom is 0.139 e. The van der Waals surface area contributed by atoms with Crippen molar-refractivity contribution in [3.63, 3.8) is 0 Å². The molecule has 0 bridgehead atoms. The summed E-state index contributed by atoms with van der Waals surface area (Å²) < 4.78 is 19.5. The van der Waals surface area contributed by atoms with E-state index < -0.39 is 0 Å². The molecule has 3 heterocycles. The summed E-state index contributed by atoms with van der Waals surface area (Å²) in [6.07, 6.45) is 8.50. The number of ether oxygens (including phenoxy) is 1. The Balaban J connectivity index is 1.61. The molecule has 0 amide bonds. The molecule has 6 nitrogen and oxygen atoms in total. The van der Waals surface area contributed by atoms with Gasteiger partial charge in [-0.1, -0.05) is 5.21 Å². The van der Waals surface area contributed by atoms with Crippen molar-refractivity contribution in [1.82, 2.24) is 25.3 Å². The van der Waals surface area contributed by atoms with Crippen LogP contribution in [0.15, 0.2) is 24.7 Å². The topological polar surface area (TPSA) is 64.9 Å². The Hall–Kier alpha value is -2.02. The normalized spacial score (nSPS) is 17.2. The highest BCUT2D eigenvalue weighted by molar-refractivity contribution is 5.34. The predicted molar refractivity (Wildman–Crippen MR) is 80.0 cm³/mol. The van der Waals surface area contributed by atoms with E-state index in [9.17, 15) is 4.39 Å². The quantitative estimate of drug-likeness (QED) is 0.752. The minimum atomic E-state index is -0.284. The van der Waals surface area contributed by atoms with Gasteiger partial charge < -0.3 is 10.1 Å². The van der Waals surface area contributed by atoms with Gasteiger partial charge in [-0.15, -0.1) is 5.10 Å². The molecule has 0 saturated carbocycles. The molecule has 1 atom stereocenters. The number of hydrogen-bond donors (Lipinski definition) is 1. The molecule has 7 heteroatoms. The van der Waals surface area contributed by atoms with Crippen molar-refractivity contribution >= 4 is 0 Å². The maximum absolute atomic E-state index is 12.1. The number of aromatic nitrogens is 4. The van der Waals surface area contributed by atoms with E-state index >= 15 is 0 Å². The first kappa shape index (κ1) is 14.9. The zero-order valence-electron chi connectivity index (χ0n) is 12.4. The Labute approximate surface area is 128 Å². The van der Waals surface area contributed by atoms with Gasteiger partial charge in [0.15, 0.2) is 0 Å². The predicted octanol–water partition coefficient (Wildman–Crippen LogP) is 1.70. The Bertz CT molecular complexity index is 599. The van der Waals surface area contributed by atoms with E-state index in [1.807, 2.05) is 12.3 Å². The summed E-state index contributed by atoms with van der Waals surface area (Å²) in [6, 6.07) is 2.34. The molecule has 2 aromatic heterocycles. The number of pyridine rings is 1. The van der Waals surface area contributed by atoms with Crippen molar-refractivity contribution in [3.8, 4) is 11.4 Å². The molecule has 3 rings (SSSR count). The first-order valence-corrected chi connectivity index (χ1v) is 7.64. The number of unbranched alkanes of at least 4 members (excludes halogenated alkanes) is 1. The summed E-state index contributed by atoms with van der Waals surface area (Å²) in [5, 5.41) is 11.5. The van der Waals surface area contributed by atoms with Crippen LogP contribution in [0.1, 0.15) is 25.0 Å². The molecule has 1 saturated heterocycles. The Morgan fingerprint density at radius 2 is 2.27 bits per heavy atom. The zero-order chi connectivity index (χ0) is 15.2. The second-order valence-corrected chi connectivity index (χ2v) is 5.43. The van der Waals surface area contributed by atoms with Crippen LogP contribution < -0.4 is 10.1 Å². The summed E-state index contributed by atoms with van der Waals surface area (Å²) in [5.41, 5.74) is 1.67. The van der Waals surface area contributed by atoms with Gasteiger partial charge in [0.2, 0.25) is 0 Å². The molecule has 118 valence electrons. The molecule has 1 fully saturated rings. The van der Waals surface area contributed by atoms with Crippen LogP contribution in [-0.4, -0.2) is 45.8 Å². The van der Waals surface area contributed by atoms with Crippen molar-refractivity contribution in [2.24, 2.45) is 0 Å². The lowest BCUT2D eigenvalue weighted by atomic mass is 10.1. The third-order valence-electron chi connectivity index (χ3n) is 3.70. The lowest BCUT2D eigenvalue weighted by Crippen LogP contribution is -2.46. The van der Waals surface area contributed by atoms with E-state index in [1.54, 1.807) is 17.1 Å². The van der Waals surface area contributed by atoms with Gasteiger partial charge in [-0.3, -0.25) is 9.37 Å². The van der Waals surface area contributed by atoms with Gasteiger partial charge in [0.05, 0.1) is 36.6 Å². The largest absolute Gasteiger partial charge is 0.490 e. The van der Waals surface area contributed by atoms with Crippen molar-refractivity contribution in [1.29, 1.82) is 0 Å². The molecule has 22 heavy (non-hydrogen) atoms. The van der Waals surface area contributed by atoms with Crippen LogP contribution >= 0.6 is 0 Å². The van der Waals surface area contributed by atoms with E-state index in [1.165, 1.54) is 0 Å². The van der Waals surface area contributed by atoms with Crippen molar-refractivity contribution < 1.29 is 9.13 Å². The number of rotatable bonds is 8. The van der Waals surface area contributed by atoms with Gasteiger partial charge >= 0.3 is 0 Å². The molecule has 1 unspecified atom stereocenters. The lowest BCUT2D eigenvalue weighted by Gasteiger charge is -2.27. The summed E-state index contributed by atoms with van der Waals surface area (Å²) in [7, 11) is 0. The zero-order valence-corrected chi connectivity index (χ0v) is 12.4. The van der Waals surface area contributed by atoms with Crippen LogP contribution in [0.2, 0.25) is 0 Å². The Morgan fingerprint density at radius 1 is 1.36 bits per heavy atom. The highest BCUT2D eigenvalue weighted by atomic mass is 19.1. The number of halogens is 1. The second kappa shape index (κ2) is 7.31. The fourth-order valence-corrected chi connectivity index (χ4v) is 2.24. The molecule has 0 aromatic carbocycles. The first-order chi connectivity index (χ1) is 10.8. The molecular formula is C15H20FN5O. The molecule has 2 aromatic rings. The van der Waals surface area contributed by atoms with Crippen LogP contribution in [0.4, 0.5) is 4.39 Å². The average Bonchev–Trinajstić information content (AvgIpc) is 2.95. The summed E-state index contributed by atoms with van der Waals surface area (Å²) in [4.78, 5) is 4.18. The van der Waals surface area contributed by atoms with E-state index in [4.69, 9.17) is 4.74 Å². The number of nitrogens with one attached hydrogen (secondary N) is 1. The number of hydrogen-bond acceptors (Lipinski definition) is 5. The number of alkyl halides is 1. The van der Waals surface area contributed by atoms with E-state index in [0.29, 0.717) is 19.1 Å². The van der Waals surface area contributed by atoms with E-state index in [-0.39, 0.29) is 6.67 Å². The Kier molecular flexibility index (Phi) is 4.95. The maximum atomic E-state index is 12.1. The fourth-order valence-electron chi connectivity index (χ4n) is 2.24. The van der Waals surface area contributed by atoms with Gasteiger partial charge in [-0.25, -0.2) is 4.68 Å². The van der Waals surface area contributed by atoms with Crippen LogP contribution in [0, 0.1) is 0 Å². The standard InChI is InChI=1S/C15H20FN5O/c16-5-2-1-3-12-10-21(20-19-12)14-7-15(9-17-8-14)22-11-13-4-6-18-13/h7-10,13,18H,1-6,11H2. The third-order valence-corrected chi connectivity index (χ3v) is 3.70. The van der Waals surface area contributed by atoms with Crippen molar-refractivity contribution in [3.05, 3.63) is 30.4 Å². The molecular weight excluding hydrogens is 285 g/mol. The molecule has 1 N–H and O–H groups in total. The Morgan fingerprint density at radius 3 is 3.05 bits per heavy atom. The molecule has 0 radical (unpaired) electrons. The van der Waals surface area contributed by atoms with E-state index in [2.05, 4.69) is 20.6 Å². The van der Waals surface area contributed by atoms with Crippen LogP contribution in [0.3, 0.4) is 0 Å². The highest BCUT2D eigenvalue weighted by Gasteiger charge is 2.16. The van der Waals surface area contributed by atoms with E-state index in [0.717, 1.165) is 42.9 Å². The van der Waals surface area contributed by atoms with Gasteiger partial charge in [0.25, 0.3) is 0 Å². The average molecular weight is 305 g/mol. The van der Waals surface area contributed by atoms with Gasteiger partial charge in [-0.2, -0.15) is 0 Å². The fraction of sp³-hybridized carbons (Fsp3) is 0.533. The third kappa shape index (κ3) is 3.79. The molecule has 0 aliphatic carbocycles.